The van der Waals surface area contributed by atoms with Crippen LogP contribution in [-0.4, -0.2) is 18.8 Å². The molecule has 1 N–H and O–H groups in total. The van der Waals surface area contributed by atoms with Crippen LogP contribution in [0, 0.1) is 0 Å². The van der Waals surface area contributed by atoms with Gasteiger partial charge in [-0.15, -0.1) is 0 Å². The first kappa shape index (κ1) is 7.99. The lowest BCUT2D eigenvalue weighted by Crippen LogP contribution is -2.51. The molecule has 0 heterocycles. The van der Waals surface area contributed by atoms with Crippen LogP contribution >= 0.6 is 0 Å². The molecule has 0 radical (unpaired) electrons. The fourth-order valence-electron chi connectivity index (χ4n) is 1.57. The van der Waals surface area contributed by atoms with Crippen LogP contribution in [0.25, 0.3) is 0 Å². The molecule has 1 rings (SSSR count). The van der Waals surface area contributed by atoms with Crippen molar-refractivity contribution >= 4 is 0 Å². The Hall–Kier alpha value is -0.110. The summed E-state index contributed by atoms with van der Waals surface area (Å²) in [6.45, 7) is 2.47. The van der Waals surface area contributed by atoms with Gasteiger partial charge in [0.1, 0.15) is 6.67 Å². The number of halogens is 1. The summed E-state index contributed by atoms with van der Waals surface area (Å²) in [5, 5.41) is 3.26. The minimum Gasteiger partial charge on any atom is -0.309 e. The molecule has 0 bridgehead atoms. The Morgan fingerprint density at radius 2 is 2.20 bits per heavy atom. The minimum absolute atomic E-state index is 0.234. The lowest BCUT2D eigenvalue weighted by atomic mass is 9.75. The standard InChI is InChI=1S/C8H16FN/c1-2-8(4-3-5-8)10-7-6-9/h10H,2-7H2,1H3. The average molecular weight is 145 g/mol. The zero-order valence-electron chi connectivity index (χ0n) is 6.62. The van der Waals surface area contributed by atoms with Crippen LogP contribution in [0.15, 0.2) is 0 Å². The fraction of sp³-hybridized carbons (Fsp3) is 1.00. The van der Waals surface area contributed by atoms with Gasteiger partial charge < -0.3 is 5.32 Å². The molecule has 0 unspecified atom stereocenters. The van der Waals surface area contributed by atoms with Gasteiger partial charge in [-0.1, -0.05) is 6.92 Å². The van der Waals surface area contributed by atoms with Crippen molar-refractivity contribution in [2.24, 2.45) is 0 Å². The topological polar surface area (TPSA) is 12.0 Å². The Balaban J connectivity index is 2.20. The molecule has 1 fully saturated rings. The lowest BCUT2D eigenvalue weighted by Gasteiger charge is -2.42. The highest BCUT2D eigenvalue weighted by molar-refractivity contribution is 4.94. The van der Waals surface area contributed by atoms with Crippen molar-refractivity contribution in [2.45, 2.75) is 38.1 Å². The summed E-state index contributed by atoms with van der Waals surface area (Å²) in [5.41, 5.74) is 0.325. The number of hydrogen-bond acceptors (Lipinski definition) is 1. The number of hydrogen-bond donors (Lipinski definition) is 1. The Kier molecular flexibility index (Phi) is 2.66. The second kappa shape index (κ2) is 3.33. The number of alkyl halides is 1. The lowest BCUT2D eigenvalue weighted by molar-refractivity contribution is 0.173. The molecule has 0 saturated heterocycles. The summed E-state index contributed by atoms with van der Waals surface area (Å²) in [5.74, 6) is 0. The second-order valence-corrected chi connectivity index (χ2v) is 3.10. The fourth-order valence-corrected chi connectivity index (χ4v) is 1.57. The predicted molar refractivity (Wildman–Crippen MR) is 40.9 cm³/mol. The van der Waals surface area contributed by atoms with Crippen LogP contribution in [0.2, 0.25) is 0 Å². The maximum Gasteiger partial charge on any atom is 0.102 e. The van der Waals surface area contributed by atoms with Gasteiger partial charge in [0.05, 0.1) is 0 Å². The van der Waals surface area contributed by atoms with Crippen LogP contribution < -0.4 is 5.32 Å². The summed E-state index contributed by atoms with van der Waals surface area (Å²) in [7, 11) is 0. The molecule has 1 nitrogen and oxygen atoms in total. The molecule has 1 aliphatic rings. The summed E-state index contributed by atoms with van der Waals surface area (Å²) >= 11 is 0. The van der Waals surface area contributed by atoms with Crippen molar-refractivity contribution in [1.82, 2.24) is 5.32 Å². The van der Waals surface area contributed by atoms with E-state index in [1.807, 2.05) is 0 Å². The second-order valence-electron chi connectivity index (χ2n) is 3.10. The van der Waals surface area contributed by atoms with E-state index in [-0.39, 0.29) is 6.67 Å². The van der Waals surface area contributed by atoms with Gasteiger partial charge in [-0.3, -0.25) is 0 Å². The molecule has 0 atom stereocenters. The van der Waals surface area contributed by atoms with Crippen molar-refractivity contribution in [3.63, 3.8) is 0 Å². The van der Waals surface area contributed by atoms with Crippen molar-refractivity contribution in [1.29, 1.82) is 0 Å². The molecule has 0 aromatic carbocycles. The van der Waals surface area contributed by atoms with E-state index >= 15 is 0 Å². The monoisotopic (exact) mass is 145 g/mol. The molecule has 0 spiro atoms. The maximum atomic E-state index is 11.8. The van der Waals surface area contributed by atoms with E-state index in [9.17, 15) is 4.39 Å². The highest BCUT2D eigenvalue weighted by atomic mass is 19.1. The quantitative estimate of drug-likeness (QED) is 0.637. The van der Waals surface area contributed by atoms with Crippen molar-refractivity contribution < 1.29 is 4.39 Å². The van der Waals surface area contributed by atoms with E-state index < -0.39 is 0 Å². The molecule has 0 aliphatic heterocycles. The van der Waals surface area contributed by atoms with Crippen molar-refractivity contribution in [2.75, 3.05) is 13.2 Å². The van der Waals surface area contributed by atoms with Crippen molar-refractivity contribution in [3.8, 4) is 0 Å². The van der Waals surface area contributed by atoms with Crippen molar-refractivity contribution in [3.05, 3.63) is 0 Å². The molecule has 1 aliphatic carbocycles. The van der Waals surface area contributed by atoms with Gasteiger partial charge in [0.2, 0.25) is 0 Å². The van der Waals surface area contributed by atoms with Crippen LogP contribution in [-0.2, 0) is 0 Å². The molecule has 10 heavy (non-hydrogen) atoms. The third-order valence-corrected chi connectivity index (χ3v) is 2.58. The third kappa shape index (κ3) is 1.48. The third-order valence-electron chi connectivity index (χ3n) is 2.58. The molecular formula is C8H16FN. The summed E-state index contributed by atoms with van der Waals surface area (Å²) in [4.78, 5) is 0. The van der Waals surface area contributed by atoms with Gasteiger partial charge in [-0.2, -0.15) is 0 Å². The van der Waals surface area contributed by atoms with Gasteiger partial charge in [0.25, 0.3) is 0 Å². The van der Waals surface area contributed by atoms with Gasteiger partial charge in [0, 0.05) is 12.1 Å². The van der Waals surface area contributed by atoms with Crippen LogP contribution in [0.1, 0.15) is 32.6 Å². The molecule has 0 aromatic rings. The van der Waals surface area contributed by atoms with Gasteiger partial charge >= 0.3 is 0 Å². The molecule has 1 saturated carbocycles. The first-order valence-electron chi connectivity index (χ1n) is 4.14. The molecule has 60 valence electrons. The molecule has 0 amide bonds. The van der Waals surface area contributed by atoms with E-state index in [1.165, 1.54) is 19.3 Å². The number of rotatable bonds is 4. The first-order chi connectivity index (χ1) is 4.83. The zero-order valence-corrected chi connectivity index (χ0v) is 6.62. The largest absolute Gasteiger partial charge is 0.309 e. The number of nitrogens with one attached hydrogen (secondary N) is 1. The SMILES string of the molecule is CCC1(NCCF)CCC1. The molecule has 0 aromatic heterocycles. The smallest absolute Gasteiger partial charge is 0.102 e. The molecular weight excluding hydrogens is 129 g/mol. The Bertz CT molecular complexity index is 93.9. The normalized spacial score (nSPS) is 22.2. The Morgan fingerprint density at radius 3 is 2.50 bits per heavy atom. The van der Waals surface area contributed by atoms with E-state index in [2.05, 4.69) is 12.2 Å². The Morgan fingerprint density at radius 1 is 1.50 bits per heavy atom. The van der Waals surface area contributed by atoms with E-state index in [0.717, 1.165) is 6.42 Å². The summed E-state index contributed by atoms with van der Waals surface area (Å²) in [6, 6.07) is 0. The average Bonchev–Trinajstić information content (AvgIpc) is 1.87. The van der Waals surface area contributed by atoms with Gasteiger partial charge in [0.15, 0.2) is 0 Å². The summed E-state index contributed by atoms with van der Waals surface area (Å²) in [6.07, 6.45) is 4.94. The van der Waals surface area contributed by atoms with Gasteiger partial charge in [-0.05, 0) is 25.7 Å². The minimum atomic E-state index is -0.234. The first-order valence-corrected chi connectivity index (χ1v) is 4.14. The van der Waals surface area contributed by atoms with E-state index in [1.54, 1.807) is 0 Å². The van der Waals surface area contributed by atoms with Gasteiger partial charge in [-0.25, -0.2) is 4.39 Å². The van der Waals surface area contributed by atoms with E-state index in [4.69, 9.17) is 0 Å². The van der Waals surface area contributed by atoms with Crippen LogP contribution in [0.4, 0.5) is 4.39 Å². The van der Waals surface area contributed by atoms with Crippen LogP contribution in [0.5, 0.6) is 0 Å². The highest BCUT2D eigenvalue weighted by Crippen LogP contribution is 2.34. The maximum absolute atomic E-state index is 11.8. The van der Waals surface area contributed by atoms with Crippen LogP contribution in [0.3, 0.4) is 0 Å². The highest BCUT2D eigenvalue weighted by Gasteiger charge is 2.33. The zero-order chi connectivity index (χ0) is 7.45. The van der Waals surface area contributed by atoms with E-state index in [0.29, 0.717) is 12.1 Å². The predicted octanol–water partition coefficient (Wildman–Crippen LogP) is 1.88. The summed E-state index contributed by atoms with van der Waals surface area (Å²) < 4.78 is 11.8. The Labute approximate surface area is 62.0 Å². The molecule has 2 heteroatoms.